The molecule has 2 unspecified atom stereocenters. The minimum atomic E-state index is -8.31. The molecule has 0 saturated heterocycles. The molecule has 0 spiro atoms. The van der Waals surface area contributed by atoms with Crippen molar-refractivity contribution in [3.63, 3.8) is 0 Å². The van der Waals surface area contributed by atoms with Gasteiger partial charge >= 0.3 is 41.7 Å². The van der Waals surface area contributed by atoms with Gasteiger partial charge < -0.3 is 4.74 Å². The lowest BCUT2D eigenvalue weighted by Crippen LogP contribution is -2.72. The molecule has 0 heterocycles. The molecular formula is C21H21F15O. The van der Waals surface area contributed by atoms with Gasteiger partial charge in [0.1, 0.15) is 0 Å². The molecule has 16 heteroatoms. The number of hydrogen-bond acceptors (Lipinski definition) is 1. The van der Waals surface area contributed by atoms with Crippen LogP contribution in [0.1, 0.15) is 50.7 Å². The van der Waals surface area contributed by atoms with E-state index in [0.29, 0.717) is 26.0 Å². The van der Waals surface area contributed by atoms with Crippen LogP contribution in [0.3, 0.4) is 0 Å². The van der Waals surface area contributed by atoms with Crippen LogP contribution >= 0.6 is 0 Å². The molecule has 1 aromatic rings. The van der Waals surface area contributed by atoms with Crippen molar-refractivity contribution >= 4 is 0 Å². The van der Waals surface area contributed by atoms with E-state index in [1.807, 2.05) is 0 Å². The van der Waals surface area contributed by atoms with Gasteiger partial charge in [-0.15, -0.1) is 0 Å². The Hall–Kier alpha value is -1.87. The minimum absolute atomic E-state index is 0.247. The van der Waals surface area contributed by atoms with Gasteiger partial charge in [-0.3, -0.25) is 0 Å². The number of alkyl halides is 15. The van der Waals surface area contributed by atoms with Crippen molar-refractivity contribution < 1.29 is 70.6 Å². The quantitative estimate of drug-likeness (QED) is 0.240. The standard InChI is InChI=1S/C21H21F15O/c1-5-11(2)12-7-6-8-13(9-12)14(3,37-4)10-15(22,23)16(24,25)17(26,27)18(28,29)19(30,31)20(32,33)21(34,35)36/h6-9,11H,5,10H2,1-4H3. The Kier molecular flexibility index (Phi) is 8.70. The summed E-state index contributed by atoms with van der Waals surface area (Å²) in [6.45, 7) is 4.00. The number of benzene rings is 1. The van der Waals surface area contributed by atoms with Gasteiger partial charge in [0.2, 0.25) is 0 Å². The molecule has 0 aliphatic carbocycles. The summed E-state index contributed by atoms with van der Waals surface area (Å²) in [6.07, 6.45) is -9.75. The van der Waals surface area contributed by atoms with E-state index in [1.54, 1.807) is 13.8 Å². The summed E-state index contributed by atoms with van der Waals surface area (Å²) in [6, 6.07) is 4.84. The van der Waals surface area contributed by atoms with Crippen LogP contribution in [-0.4, -0.2) is 48.8 Å². The van der Waals surface area contributed by atoms with Crippen LogP contribution in [0.15, 0.2) is 24.3 Å². The highest BCUT2D eigenvalue weighted by molar-refractivity contribution is 5.31. The lowest BCUT2D eigenvalue weighted by atomic mass is 9.82. The number of rotatable bonds is 11. The van der Waals surface area contributed by atoms with Gasteiger partial charge in [-0.05, 0) is 30.4 Å². The Morgan fingerprint density at radius 2 is 1.14 bits per heavy atom. The van der Waals surface area contributed by atoms with E-state index in [1.165, 1.54) is 12.1 Å². The molecule has 37 heavy (non-hydrogen) atoms. The second kappa shape index (κ2) is 9.70. The maximum Gasteiger partial charge on any atom is 0.460 e. The van der Waals surface area contributed by atoms with Gasteiger partial charge in [-0.2, -0.15) is 65.9 Å². The van der Waals surface area contributed by atoms with Gasteiger partial charge in [0.15, 0.2) is 0 Å². The lowest BCUT2D eigenvalue weighted by Gasteiger charge is -2.43. The summed E-state index contributed by atoms with van der Waals surface area (Å²) in [7, 11) is 0.634. The molecule has 1 nitrogen and oxygen atoms in total. The first-order chi connectivity index (χ1) is 16.2. The van der Waals surface area contributed by atoms with Crippen LogP contribution in [0.5, 0.6) is 0 Å². The van der Waals surface area contributed by atoms with Crippen LogP contribution in [0.4, 0.5) is 65.9 Å². The molecule has 0 aromatic heterocycles. The van der Waals surface area contributed by atoms with Gasteiger partial charge in [-0.1, -0.05) is 38.1 Å². The van der Waals surface area contributed by atoms with E-state index in [0.717, 1.165) is 12.1 Å². The van der Waals surface area contributed by atoms with E-state index in [-0.39, 0.29) is 11.5 Å². The van der Waals surface area contributed by atoms with Crippen LogP contribution < -0.4 is 0 Å². The summed E-state index contributed by atoms with van der Waals surface area (Å²) < 4.78 is 207. The van der Waals surface area contributed by atoms with Crippen LogP contribution in [0, 0.1) is 0 Å². The van der Waals surface area contributed by atoms with Gasteiger partial charge in [0.05, 0.1) is 12.0 Å². The molecule has 0 aliphatic heterocycles. The molecule has 0 aliphatic rings. The largest absolute Gasteiger partial charge is 0.460 e. The molecule has 0 bridgehead atoms. The van der Waals surface area contributed by atoms with Gasteiger partial charge in [0, 0.05) is 7.11 Å². The predicted molar refractivity (Wildman–Crippen MR) is 99.9 cm³/mol. The monoisotopic (exact) mass is 574 g/mol. The summed E-state index contributed by atoms with van der Waals surface area (Å²) in [5, 5.41) is 0. The Labute approximate surface area is 201 Å². The van der Waals surface area contributed by atoms with E-state index >= 15 is 0 Å². The van der Waals surface area contributed by atoms with Gasteiger partial charge in [-0.25, -0.2) is 0 Å². The van der Waals surface area contributed by atoms with Crippen molar-refractivity contribution in [1.82, 2.24) is 0 Å². The van der Waals surface area contributed by atoms with Crippen LogP contribution in [0.2, 0.25) is 0 Å². The number of ether oxygens (including phenoxy) is 1. The smallest absolute Gasteiger partial charge is 0.374 e. The second-order valence-electron chi connectivity index (χ2n) is 8.62. The molecule has 216 valence electrons. The zero-order chi connectivity index (χ0) is 29.7. The average molecular weight is 574 g/mol. The summed E-state index contributed by atoms with van der Waals surface area (Å²) in [4.78, 5) is 0. The third-order valence-corrected chi connectivity index (χ3v) is 6.08. The minimum Gasteiger partial charge on any atom is -0.374 e. The molecular weight excluding hydrogens is 553 g/mol. The fraction of sp³-hybridized carbons (Fsp3) is 0.714. The highest BCUT2D eigenvalue weighted by Gasteiger charge is 2.93. The van der Waals surface area contributed by atoms with E-state index in [2.05, 4.69) is 0 Å². The zero-order valence-corrected chi connectivity index (χ0v) is 19.4. The van der Waals surface area contributed by atoms with E-state index < -0.39 is 53.7 Å². The van der Waals surface area contributed by atoms with Crippen LogP contribution in [-0.2, 0) is 10.3 Å². The van der Waals surface area contributed by atoms with Crippen molar-refractivity contribution in [2.24, 2.45) is 0 Å². The number of halogens is 15. The average Bonchev–Trinajstić information content (AvgIpc) is 2.76. The fourth-order valence-corrected chi connectivity index (χ4v) is 3.24. The molecule has 0 radical (unpaired) electrons. The SMILES string of the molecule is CCC(C)c1cccc(C(C)(CC(F)(F)C(F)(F)C(F)(F)C(F)(F)C(F)(F)C(F)(F)C(F)(F)F)OC)c1. The molecule has 0 saturated carbocycles. The predicted octanol–water partition coefficient (Wildman–Crippen LogP) is 8.83. The highest BCUT2D eigenvalue weighted by atomic mass is 19.4. The molecule has 2 atom stereocenters. The zero-order valence-electron chi connectivity index (χ0n) is 19.4. The highest BCUT2D eigenvalue weighted by Crippen LogP contribution is 2.63. The maximum atomic E-state index is 14.5. The normalized spacial score (nSPS) is 17.5. The number of hydrogen-bond donors (Lipinski definition) is 0. The number of methoxy groups -OCH3 is 1. The first kappa shape index (κ1) is 33.2. The third kappa shape index (κ3) is 5.10. The molecule has 0 amide bonds. The van der Waals surface area contributed by atoms with Crippen LogP contribution in [0.25, 0.3) is 0 Å². The molecule has 0 N–H and O–H groups in total. The van der Waals surface area contributed by atoms with Crippen molar-refractivity contribution in [1.29, 1.82) is 0 Å². The third-order valence-electron chi connectivity index (χ3n) is 6.08. The second-order valence-corrected chi connectivity index (χ2v) is 8.62. The molecule has 1 aromatic carbocycles. The Morgan fingerprint density at radius 1 is 0.703 bits per heavy atom. The van der Waals surface area contributed by atoms with Crippen molar-refractivity contribution in [3.8, 4) is 0 Å². The summed E-state index contributed by atoms with van der Waals surface area (Å²) in [5.74, 6) is -46.9. The topological polar surface area (TPSA) is 9.23 Å². The first-order valence-corrected chi connectivity index (χ1v) is 10.2. The summed E-state index contributed by atoms with van der Waals surface area (Å²) >= 11 is 0. The van der Waals surface area contributed by atoms with Crippen molar-refractivity contribution in [2.75, 3.05) is 7.11 Å². The maximum absolute atomic E-state index is 14.5. The molecule has 0 fully saturated rings. The van der Waals surface area contributed by atoms with Crippen molar-refractivity contribution in [2.45, 2.75) is 86.8 Å². The van der Waals surface area contributed by atoms with E-state index in [9.17, 15) is 65.9 Å². The summed E-state index contributed by atoms with van der Waals surface area (Å²) in [5.41, 5.74) is -2.63. The van der Waals surface area contributed by atoms with Gasteiger partial charge in [0.25, 0.3) is 0 Å². The lowest BCUT2D eigenvalue weighted by molar-refractivity contribution is -0.453. The Balaban J connectivity index is 3.61. The Morgan fingerprint density at radius 3 is 1.54 bits per heavy atom. The van der Waals surface area contributed by atoms with Crippen molar-refractivity contribution in [3.05, 3.63) is 35.4 Å². The van der Waals surface area contributed by atoms with E-state index in [4.69, 9.17) is 4.74 Å². The fourth-order valence-electron chi connectivity index (χ4n) is 3.24. The molecule has 1 rings (SSSR count). The first-order valence-electron chi connectivity index (χ1n) is 10.2. The Bertz CT molecular complexity index is 938.